The van der Waals surface area contributed by atoms with E-state index < -0.39 is 0 Å². The highest BCUT2D eigenvalue weighted by molar-refractivity contribution is 6.02. The van der Waals surface area contributed by atoms with E-state index in [-0.39, 0.29) is 17.7 Å². The maximum Gasteiger partial charge on any atom is 0.234 e. The number of hydrogen-bond acceptors (Lipinski definition) is 5. The summed E-state index contributed by atoms with van der Waals surface area (Å²) < 4.78 is 11.0. The van der Waals surface area contributed by atoms with Crippen molar-refractivity contribution in [2.45, 2.75) is 57.3 Å². The third-order valence-corrected chi connectivity index (χ3v) is 6.33. The van der Waals surface area contributed by atoms with Gasteiger partial charge in [-0.1, -0.05) is 31.1 Å². The first-order valence-corrected chi connectivity index (χ1v) is 11.8. The fraction of sp³-hybridized carbons (Fsp3) is 0.538. The number of fused-ring (bicyclic) bond motifs is 1. The third kappa shape index (κ3) is 5.99. The van der Waals surface area contributed by atoms with Gasteiger partial charge in [0.15, 0.2) is 0 Å². The van der Waals surface area contributed by atoms with Crippen LogP contribution in [0.5, 0.6) is 0 Å². The van der Waals surface area contributed by atoms with E-state index in [9.17, 15) is 9.59 Å². The molecule has 1 aromatic carbocycles. The third-order valence-electron chi connectivity index (χ3n) is 6.33. The van der Waals surface area contributed by atoms with Gasteiger partial charge in [0, 0.05) is 42.4 Å². The van der Waals surface area contributed by atoms with Crippen molar-refractivity contribution in [3.05, 3.63) is 35.6 Å². The molecular formula is C26H32N2O4. The highest BCUT2D eigenvalue weighted by Crippen LogP contribution is 2.32. The topological polar surface area (TPSA) is 71.8 Å². The van der Waals surface area contributed by atoms with Crippen LogP contribution in [0.3, 0.4) is 0 Å². The molecule has 2 fully saturated rings. The Morgan fingerprint density at radius 2 is 1.88 bits per heavy atom. The first-order chi connectivity index (χ1) is 15.7. The summed E-state index contributed by atoms with van der Waals surface area (Å²) in [6.45, 7) is 5.11. The summed E-state index contributed by atoms with van der Waals surface area (Å²) in [7, 11) is 0. The molecule has 2 aliphatic rings. The summed E-state index contributed by atoms with van der Waals surface area (Å²) in [6, 6.07) is 5.86. The fourth-order valence-electron chi connectivity index (χ4n) is 4.46. The lowest BCUT2D eigenvalue weighted by atomic mass is 9.90. The molecule has 0 spiro atoms. The number of morpholine rings is 1. The Labute approximate surface area is 189 Å². The number of nitrogens with zero attached hydrogens (tertiary/aromatic N) is 1. The molecule has 6 heteroatoms. The lowest BCUT2D eigenvalue weighted by Gasteiger charge is -2.26. The molecule has 0 bridgehead atoms. The largest absolute Gasteiger partial charge is 0.464 e. The Morgan fingerprint density at radius 3 is 2.72 bits per heavy atom. The molecule has 2 aromatic rings. The maximum atomic E-state index is 12.2. The van der Waals surface area contributed by atoms with Gasteiger partial charge in [0.1, 0.15) is 5.58 Å². The monoisotopic (exact) mass is 436 g/mol. The van der Waals surface area contributed by atoms with Crippen LogP contribution in [0.25, 0.3) is 11.0 Å². The zero-order chi connectivity index (χ0) is 22.2. The van der Waals surface area contributed by atoms with E-state index in [4.69, 9.17) is 9.15 Å². The summed E-state index contributed by atoms with van der Waals surface area (Å²) in [4.78, 5) is 26.2. The van der Waals surface area contributed by atoms with Crippen molar-refractivity contribution in [3.63, 3.8) is 0 Å². The Bertz CT molecular complexity index is 994. The number of nitrogens with one attached hydrogen (secondary N) is 1. The van der Waals surface area contributed by atoms with Crippen LogP contribution in [0.4, 0.5) is 0 Å². The van der Waals surface area contributed by atoms with Gasteiger partial charge in [-0.15, -0.1) is 0 Å². The molecule has 2 saturated heterocycles. The number of imide groups is 1. The SMILES string of the molecule is O=C1CCC(c2coc3ccc(C#CCCCCCCCN4CCOCC4)cc23)C(=O)N1. The molecule has 6 nitrogen and oxygen atoms in total. The minimum atomic E-state index is -0.347. The number of piperidine rings is 1. The lowest BCUT2D eigenvalue weighted by molar-refractivity contribution is -0.134. The van der Waals surface area contributed by atoms with Gasteiger partial charge in [0.05, 0.1) is 25.4 Å². The molecule has 0 saturated carbocycles. The van der Waals surface area contributed by atoms with Gasteiger partial charge >= 0.3 is 0 Å². The van der Waals surface area contributed by atoms with Crippen LogP contribution in [0.2, 0.25) is 0 Å². The molecule has 1 unspecified atom stereocenters. The zero-order valence-corrected chi connectivity index (χ0v) is 18.7. The predicted octanol–water partition coefficient (Wildman–Crippen LogP) is 3.98. The van der Waals surface area contributed by atoms with Crippen LogP contribution in [-0.4, -0.2) is 49.6 Å². The van der Waals surface area contributed by atoms with Crippen molar-refractivity contribution in [1.29, 1.82) is 0 Å². The van der Waals surface area contributed by atoms with Gasteiger partial charge in [-0.2, -0.15) is 0 Å². The first kappa shape index (κ1) is 22.6. The lowest BCUT2D eigenvalue weighted by Crippen LogP contribution is -2.39. The number of carbonyl (C=O) groups is 2. The van der Waals surface area contributed by atoms with Crippen molar-refractivity contribution < 1.29 is 18.7 Å². The quantitative estimate of drug-likeness (QED) is 0.385. The summed E-state index contributed by atoms with van der Waals surface area (Å²) in [5.74, 6) is 5.75. The Kier molecular flexibility index (Phi) is 7.97. The number of amides is 2. The molecule has 1 atom stereocenters. The van der Waals surface area contributed by atoms with E-state index in [1.54, 1.807) is 6.26 Å². The van der Waals surface area contributed by atoms with Gasteiger partial charge in [-0.25, -0.2) is 0 Å². The Morgan fingerprint density at radius 1 is 1.06 bits per heavy atom. The number of carbonyl (C=O) groups excluding carboxylic acids is 2. The van der Waals surface area contributed by atoms with E-state index >= 15 is 0 Å². The van der Waals surface area contributed by atoms with Crippen LogP contribution in [0.1, 0.15) is 68.4 Å². The van der Waals surface area contributed by atoms with Gasteiger partial charge in [0.2, 0.25) is 11.8 Å². The van der Waals surface area contributed by atoms with E-state index in [0.717, 1.165) is 61.2 Å². The number of ether oxygens (including phenoxy) is 1. The summed E-state index contributed by atoms with van der Waals surface area (Å²) >= 11 is 0. The van der Waals surface area contributed by atoms with Crippen LogP contribution in [0.15, 0.2) is 28.9 Å². The van der Waals surface area contributed by atoms with Crippen LogP contribution in [-0.2, 0) is 14.3 Å². The molecule has 32 heavy (non-hydrogen) atoms. The van der Waals surface area contributed by atoms with Gasteiger partial charge in [-0.05, 0) is 44.0 Å². The van der Waals surface area contributed by atoms with E-state index in [2.05, 4.69) is 22.1 Å². The summed E-state index contributed by atoms with van der Waals surface area (Å²) in [5.41, 5.74) is 2.51. The zero-order valence-electron chi connectivity index (χ0n) is 18.7. The maximum absolute atomic E-state index is 12.2. The highest BCUT2D eigenvalue weighted by Gasteiger charge is 2.30. The Hall–Kier alpha value is -2.62. The fourth-order valence-corrected chi connectivity index (χ4v) is 4.46. The van der Waals surface area contributed by atoms with Crippen molar-refractivity contribution in [2.24, 2.45) is 0 Å². The Balaban J connectivity index is 1.22. The van der Waals surface area contributed by atoms with Gasteiger partial charge in [-0.3, -0.25) is 19.8 Å². The van der Waals surface area contributed by atoms with Crippen LogP contribution < -0.4 is 5.32 Å². The molecule has 2 aliphatic heterocycles. The smallest absolute Gasteiger partial charge is 0.234 e. The molecule has 1 N–H and O–H groups in total. The standard InChI is InChI=1S/C26H32N2O4/c29-25-12-10-21(26(30)27-25)23-19-32-24-11-9-20(18-22(23)24)8-6-4-2-1-3-5-7-13-28-14-16-31-17-15-28/h9,11,18-19,21H,1-5,7,10,12-17H2,(H,27,29,30). The predicted molar refractivity (Wildman–Crippen MR) is 123 cm³/mol. The van der Waals surface area contributed by atoms with E-state index in [0.29, 0.717) is 12.8 Å². The summed E-state index contributed by atoms with van der Waals surface area (Å²) in [6.07, 6.45) is 9.57. The second-order valence-corrected chi connectivity index (χ2v) is 8.68. The molecule has 0 aliphatic carbocycles. The van der Waals surface area contributed by atoms with Crippen LogP contribution >= 0.6 is 0 Å². The normalized spacial score (nSPS) is 19.6. The molecule has 170 valence electrons. The van der Waals surface area contributed by atoms with Crippen molar-refractivity contribution in [2.75, 3.05) is 32.8 Å². The number of furan rings is 1. The number of benzene rings is 1. The van der Waals surface area contributed by atoms with Crippen molar-refractivity contribution in [3.8, 4) is 11.8 Å². The number of hydrogen-bond donors (Lipinski definition) is 1. The second-order valence-electron chi connectivity index (χ2n) is 8.68. The van der Waals surface area contributed by atoms with Crippen LogP contribution in [0, 0.1) is 11.8 Å². The average Bonchev–Trinajstić information content (AvgIpc) is 3.22. The van der Waals surface area contributed by atoms with Crippen molar-refractivity contribution >= 4 is 22.8 Å². The highest BCUT2D eigenvalue weighted by atomic mass is 16.5. The summed E-state index contributed by atoms with van der Waals surface area (Å²) in [5, 5.41) is 3.33. The molecule has 3 heterocycles. The molecule has 4 rings (SSSR count). The van der Waals surface area contributed by atoms with Gasteiger partial charge < -0.3 is 9.15 Å². The van der Waals surface area contributed by atoms with Crippen molar-refractivity contribution in [1.82, 2.24) is 10.2 Å². The molecule has 0 radical (unpaired) electrons. The molecule has 2 amide bonds. The first-order valence-electron chi connectivity index (χ1n) is 11.8. The van der Waals surface area contributed by atoms with Gasteiger partial charge in [0.25, 0.3) is 0 Å². The minimum Gasteiger partial charge on any atom is -0.464 e. The second kappa shape index (κ2) is 11.3. The van der Waals surface area contributed by atoms with E-state index in [1.807, 2.05) is 18.2 Å². The minimum absolute atomic E-state index is 0.206. The average molecular weight is 437 g/mol. The number of unbranched alkanes of at least 4 members (excludes halogenated alkanes) is 5. The van der Waals surface area contributed by atoms with E-state index in [1.165, 1.54) is 32.2 Å². The number of rotatable bonds is 8. The molecular weight excluding hydrogens is 404 g/mol. The molecule has 1 aromatic heterocycles.